The smallest absolute Gasteiger partial charge is 0.223 e. The van der Waals surface area contributed by atoms with Gasteiger partial charge in [0.1, 0.15) is 5.15 Å². The van der Waals surface area contributed by atoms with Gasteiger partial charge in [0.15, 0.2) is 11.5 Å². The Kier molecular flexibility index (Phi) is 3.82. The summed E-state index contributed by atoms with van der Waals surface area (Å²) < 4.78 is 1.60. The fourth-order valence-electron chi connectivity index (χ4n) is 2.49. The molecule has 0 unspecified atom stereocenters. The normalized spacial score (nSPS) is 15.8. The molecule has 2 aromatic rings. The summed E-state index contributed by atoms with van der Waals surface area (Å²) in [5.74, 6) is 0.858. The highest BCUT2D eigenvalue weighted by Gasteiger charge is 2.17. The Balaban J connectivity index is 1.67. The fourth-order valence-corrected chi connectivity index (χ4v) is 2.63. The second-order valence-corrected chi connectivity index (χ2v) is 5.37. The third kappa shape index (κ3) is 2.75. The van der Waals surface area contributed by atoms with Gasteiger partial charge in [-0.1, -0.05) is 11.6 Å². The van der Waals surface area contributed by atoms with Gasteiger partial charge in [-0.15, -0.1) is 10.2 Å². The number of halogens is 1. The van der Waals surface area contributed by atoms with Crippen molar-refractivity contribution in [3.63, 3.8) is 0 Å². The minimum Gasteiger partial charge on any atom is -0.343 e. The first-order chi connectivity index (χ1) is 9.74. The van der Waals surface area contributed by atoms with Crippen LogP contribution >= 0.6 is 11.6 Å². The number of aryl methyl sites for hydroxylation is 1. The van der Waals surface area contributed by atoms with E-state index in [1.807, 2.05) is 4.90 Å². The van der Waals surface area contributed by atoms with Gasteiger partial charge in [-0.25, -0.2) is 0 Å². The van der Waals surface area contributed by atoms with E-state index in [-0.39, 0.29) is 5.91 Å². The van der Waals surface area contributed by atoms with Crippen LogP contribution in [-0.4, -0.2) is 43.7 Å². The Labute approximate surface area is 121 Å². The van der Waals surface area contributed by atoms with E-state index in [1.165, 1.54) is 6.42 Å². The van der Waals surface area contributed by atoms with Crippen molar-refractivity contribution in [2.45, 2.75) is 32.1 Å². The van der Waals surface area contributed by atoms with E-state index in [2.05, 4.69) is 15.3 Å². The van der Waals surface area contributed by atoms with Gasteiger partial charge in [0.05, 0.1) is 0 Å². The summed E-state index contributed by atoms with van der Waals surface area (Å²) in [5, 5.41) is 12.6. The first kappa shape index (κ1) is 13.3. The average Bonchev–Trinajstić information content (AvgIpc) is 2.88. The molecule has 1 amide bonds. The lowest BCUT2D eigenvalue weighted by Crippen LogP contribution is -2.35. The number of likely N-dealkylation sites (tertiary alicyclic amines) is 1. The lowest BCUT2D eigenvalue weighted by atomic mass is 10.1. The van der Waals surface area contributed by atoms with Crippen molar-refractivity contribution in [3.8, 4) is 0 Å². The molecule has 2 aromatic heterocycles. The van der Waals surface area contributed by atoms with Gasteiger partial charge in [-0.3, -0.25) is 4.79 Å². The van der Waals surface area contributed by atoms with Gasteiger partial charge < -0.3 is 4.90 Å². The summed E-state index contributed by atoms with van der Waals surface area (Å²) in [6.07, 6.45) is 4.41. The van der Waals surface area contributed by atoms with Gasteiger partial charge >= 0.3 is 0 Å². The predicted octanol–water partition coefficient (Wildman–Crippen LogP) is 1.72. The third-order valence-electron chi connectivity index (χ3n) is 3.57. The molecule has 106 valence electrons. The van der Waals surface area contributed by atoms with Crippen molar-refractivity contribution in [3.05, 3.63) is 23.1 Å². The molecule has 7 heteroatoms. The number of hydrogen-bond donors (Lipinski definition) is 0. The van der Waals surface area contributed by atoms with Gasteiger partial charge in [0.25, 0.3) is 0 Å². The largest absolute Gasteiger partial charge is 0.343 e. The molecule has 0 bridgehead atoms. The van der Waals surface area contributed by atoms with E-state index in [4.69, 9.17) is 11.6 Å². The lowest BCUT2D eigenvalue weighted by molar-refractivity contribution is -0.132. The van der Waals surface area contributed by atoms with Crippen LogP contribution in [0, 0.1) is 0 Å². The molecule has 0 N–H and O–H groups in total. The third-order valence-corrected chi connectivity index (χ3v) is 3.77. The number of piperidine rings is 1. The summed E-state index contributed by atoms with van der Waals surface area (Å²) in [6.45, 7) is 1.76. The summed E-state index contributed by atoms with van der Waals surface area (Å²) >= 11 is 5.87. The van der Waals surface area contributed by atoms with Gasteiger partial charge in [0.2, 0.25) is 5.91 Å². The van der Waals surface area contributed by atoms with Crippen LogP contribution in [0.25, 0.3) is 5.65 Å². The fraction of sp³-hybridized carbons (Fsp3) is 0.538. The molecule has 0 spiro atoms. The summed E-state index contributed by atoms with van der Waals surface area (Å²) in [5.41, 5.74) is 0.648. The van der Waals surface area contributed by atoms with Crippen molar-refractivity contribution in [2.75, 3.05) is 13.1 Å². The molecule has 3 rings (SSSR count). The molecule has 0 radical (unpaired) electrons. The molecule has 3 heterocycles. The molecule has 0 saturated carbocycles. The number of aromatic nitrogens is 4. The second-order valence-electron chi connectivity index (χ2n) is 4.98. The Hall–Kier alpha value is -1.69. The number of fused-ring (bicyclic) bond motifs is 1. The van der Waals surface area contributed by atoms with Crippen LogP contribution < -0.4 is 0 Å². The highest BCUT2D eigenvalue weighted by molar-refractivity contribution is 6.29. The SMILES string of the molecule is O=C(CCc1nnc2ccc(Cl)nn12)N1CCCCC1. The summed E-state index contributed by atoms with van der Waals surface area (Å²) in [6, 6.07) is 3.44. The monoisotopic (exact) mass is 293 g/mol. The van der Waals surface area contributed by atoms with Crippen LogP contribution in [0.3, 0.4) is 0 Å². The Bertz CT molecular complexity index is 620. The van der Waals surface area contributed by atoms with Crippen LogP contribution in [0.15, 0.2) is 12.1 Å². The van der Waals surface area contributed by atoms with Crippen LogP contribution in [0.2, 0.25) is 5.15 Å². The quantitative estimate of drug-likeness (QED) is 0.864. The van der Waals surface area contributed by atoms with Gasteiger partial charge in [-0.05, 0) is 31.4 Å². The van der Waals surface area contributed by atoms with Gasteiger partial charge in [0, 0.05) is 25.9 Å². The molecule has 1 saturated heterocycles. The zero-order chi connectivity index (χ0) is 13.9. The molecule has 0 atom stereocenters. The van der Waals surface area contributed by atoms with Crippen molar-refractivity contribution < 1.29 is 4.79 Å². The number of carbonyl (C=O) groups is 1. The summed E-state index contributed by atoms with van der Waals surface area (Å²) in [7, 11) is 0. The van der Waals surface area contributed by atoms with Crippen LogP contribution in [0.1, 0.15) is 31.5 Å². The van der Waals surface area contributed by atoms with E-state index in [1.54, 1.807) is 16.6 Å². The zero-order valence-electron chi connectivity index (χ0n) is 11.1. The first-order valence-corrected chi connectivity index (χ1v) is 7.26. The van der Waals surface area contributed by atoms with Crippen LogP contribution in [0.5, 0.6) is 0 Å². The molecule has 1 aliphatic rings. The number of rotatable bonds is 3. The van der Waals surface area contributed by atoms with E-state index in [0.717, 1.165) is 25.9 Å². The minimum absolute atomic E-state index is 0.184. The first-order valence-electron chi connectivity index (χ1n) is 6.88. The molecule has 1 fully saturated rings. The number of amides is 1. The summed E-state index contributed by atoms with van der Waals surface area (Å²) in [4.78, 5) is 14.1. The van der Waals surface area contributed by atoms with E-state index >= 15 is 0 Å². The zero-order valence-corrected chi connectivity index (χ0v) is 11.9. The average molecular weight is 294 g/mol. The molecule has 0 aliphatic carbocycles. The number of carbonyl (C=O) groups excluding carboxylic acids is 1. The molecule has 0 aromatic carbocycles. The van der Waals surface area contributed by atoms with Crippen LogP contribution in [-0.2, 0) is 11.2 Å². The topological polar surface area (TPSA) is 63.4 Å². The molecule has 1 aliphatic heterocycles. The highest BCUT2D eigenvalue weighted by Crippen LogP contribution is 2.12. The van der Waals surface area contributed by atoms with E-state index in [9.17, 15) is 4.79 Å². The maximum absolute atomic E-state index is 12.1. The lowest BCUT2D eigenvalue weighted by Gasteiger charge is -2.26. The van der Waals surface area contributed by atoms with Gasteiger partial charge in [-0.2, -0.15) is 9.61 Å². The maximum atomic E-state index is 12.1. The van der Waals surface area contributed by atoms with E-state index < -0.39 is 0 Å². The molecular weight excluding hydrogens is 278 g/mol. The second kappa shape index (κ2) is 5.75. The predicted molar refractivity (Wildman–Crippen MR) is 74.5 cm³/mol. The Morgan fingerprint density at radius 3 is 2.80 bits per heavy atom. The minimum atomic E-state index is 0.184. The maximum Gasteiger partial charge on any atom is 0.223 e. The van der Waals surface area contributed by atoms with Crippen molar-refractivity contribution in [1.82, 2.24) is 24.7 Å². The van der Waals surface area contributed by atoms with E-state index in [0.29, 0.717) is 29.5 Å². The molecular formula is C13H16ClN5O. The standard InChI is InChI=1S/C13H16ClN5O/c14-10-4-5-11-15-16-12(19(11)17-10)6-7-13(20)18-8-2-1-3-9-18/h4-5H,1-3,6-9H2. The van der Waals surface area contributed by atoms with Crippen molar-refractivity contribution in [2.24, 2.45) is 0 Å². The Morgan fingerprint density at radius 1 is 1.20 bits per heavy atom. The van der Waals surface area contributed by atoms with Crippen molar-refractivity contribution in [1.29, 1.82) is 0 Å². The van der Waals surface area contributed by atoms with Crippen molar-refractivity contribution >= 4 is 23.2 Å². The molecule has 6 nitrogen and oxygen atoms in total. The Morgan fingerprint density at radius 2 is 2.00 bits per heavy atom. The molecule has 20 heavy (non-hydrogen) atoms. The number of nitrogens with zero attached hydrogens (tertiary/aromatic N) is 5. The highest BCUT2D eigenvalue weighted by atomic mass is 35.5. The van der Waals surface area contributed by atoms with Crippen LogP contribution in [0.4, 0.5) is 0 Å². The number of hydrogen-bond acceptors (Lipinski definition) is 4.